The number of aliphatic hydroxyl groups is 1. The summed E-state index contributed by atoms with van der Waals surface area (Å²) in [6.45, 7) is 3.82. The van der Waals surface area contributed by atoms with Crippen LogP contribution >= 0.6 is 11.3 Å². The molecule has 1 aliphatic heterocycles. The lowest BCUT2D eigenvalue weighted by Crippen LogP contribution is -2.29. The number of rotatable bonds is 3. The molecule has 1 amide bonds. The summed E-state index contributed by atoms with van der Waals surface area (Å²) < 4.78 is 0. The molecule has 0 bridgehead atoms. The van der Waals surface area contributed by atoms with Gasteiger partial charge in [0.2, 0.25) is 0 Å². The lowest BCUT2D eigenvalue weighted by Gasteiger charge is -2.13. The maximum Gasteiger partial charge on any atom is 0.273 e. The average Bonchev–Trinajstić information content (AvgIpc) is 2.87. The first kappa shape index (κ1) is 11.3. The van der Waals surface area contributed by atoms with Crippen LogP contribution < -0.4 is 5.32 Å². The van der Waals surface area contributed by atoms with Crippen LogP contribution in [-0.4, -0.2) is 46.6 Å². The number of β-amino-alcohol motifs (C(OH)–C–C–N with tert-alkyl or cyclic N) is 1. The van der Waals surface area contributed by atoms with Gasteiger partial charge in [-0.05, 0) is 13.3 Å². The number of hydrogen-bond acceptors (Lipinski definition) is 5. The summed E-state index contributed by atoms with van der Waals surface area (Å²) in [5.74, 6) is -0.0862. The van der Waals surface area contributed by atoms with Gasteiger partial charge < -0.3 is 15.3 Å². The normalized spacial score (nSPS) is 20.1. The van der Waals surface area contributed by atoms with Gasteiger partial charge in [0.1, 0.15) is 5.69 Å². The average molecular weight is 241 g/mol. The summed E-state index contributed by atoms with van der Waals surface area (Å²) in [6, 6.07) is 0. The molecule has 88 valence electrons. The molecule has 1 saturated heterocycles. The standard InChI is InChI=1S/C10H15N3O2S/c1-2-11-10-12-8(6-16-10)9(15)13-4-3-7(14)5-13/h6-7,14H,2-5H2,1H3,(H,11,12)/t7-/m1/s1. The molecule has 16 heavy (non-hydrogen) atoms. The number of thiazole rings is 1. The molecule has 1 atom stereocenters. The van der Waals surface area contributed by atoms with Crippen LogP contribution in [0.5, 0.6) is 0 Å². The van der Waals surface area contributed by atoms with Crippen molar-refractivity contribution in [2.75, 3.05) is 25.0 Å². The first-order chi connectivity index (χ1) is 7.70. The molecule has 2 rings (SSSR count). The Labute approximate surface area is 98.1 Å². The van der Waals surface area contributed by atoms with Gasteiger partial charge >= 0.3 is 0 Å². The van der Waals surface area contributed by atoms with Crippen molar-refractivity contribution >= 4 is 22.4 Å². The highest BCUT2D eigenvalue weighted by Gasteiger charge is 2.26. The number of nitrogens with zero attached hydrogens (tertiary/aromatic N) is 2. The number of anilines is 1. The summed E-state index contributed by atoms with van der Waals surface area (Å²) >= 11 is 1.43. The van der Waals surface area contributed by atoms with Gasteiger partial charge in [0.05, 0.1) is 6.10 Å². The summed E-state index contributed by atoms with van der Waals surface area (Å²) in [7, 11) is 0. The molecule has 1 aromatic heterocycles. The van der Waals surface area contributed by atoms with E-state index in [0.29, 0.717) is 25.2 Å². The molecule has 2 heterocycles. The van der Waals surface area contributed by atoms with Crippen molar-refractivity contribution in [2.45, 2.75) is 19.4 Å². The third-order valence-corrected chi connectivity index (χ3v) is 3.30. The van der Waals surface area contributed by atoms with Crippen LogP contribution in [0.15, 0.2) is 5.38 Å². The molecule has 0 aromatic carbocycles. The van der Waals surface area contributed by atoms with E-state index in [-0.39, 0.29) is 12.0 Å². The van der Waals surface area contributed by atoms with Gasteiger partial charge in [-0.25, -0.2) is 4.98 Å². The Hall–Kier alpha value is -1.14. The lowest BCUT2D eigenvalue weighted by molar-refractivity contribution is 0.0760. The van der Waals surface area contributed by atoms with E-state index in [1.54, 1.807) is 10.3 Å². The van der Waals surface area contributed by atoms with Crippen molar-refractivity contribution in [1.82, 2.24) is 9.88 Å². The predicted octanol–water partition coefficient (Wildman–Crippen LogP) is 0.782. The minimum atomic E-state index is -0.379. The molecular formula is C10H15N3O2S. The minimum absolute atomic E-state index is 0.0862. The van der Waals surface area contributed by atoms with E-state index in [1.165, 1.54) is 11.3 Å². The molecule has 0 unspecified atom stereocenters. The van der Waals surface area contributed by atoms with Gasteiger partial charge in [-0.15, -0.1) is 11.3 Å². The van der Waals surface area contributed by atoms with E-state index in [0.717, 1.165) is 11.7 Å². The van der Waals surface area contributed by atoms with Crippen LogP contribution in [0, 0.1) is 0 Å². The summed E-state index contributed by atoms with van der Waals surface area (Å²) in [5, 5.41) is 15.0. The highest BCUT2D eigenvalue weighted by Crippen LogP contribution is 2.18. The molecule has 1 aliphatic rings. The van der Waals surface area contributed by atoms with Crippen molar-refractivity contribution in [3.63, 3.8) is 0 Å². The second-order valence-electron chi connectivity index (χ2n) is 3.76. The minimum Gasteiger partial charge on any atom is -0.391 e. The second-order valence-corrected chi connectivity index (χ2v) is 4.62. The zero-order valence-electron chi connectivity index (χ0n) is 9.14. The van der Waals surface area contributed by atoms with Gasteiger partial charge in [0.15, 0.2) is 5.13 Å². The zero-order chi connectivity index (χ0) is 11.5. The largest absolute Gasteiger partial charge is 0.391 e. The van der Waals surface area contributed by atoms with Gasteiger partial charge in [0.25, 0.3) is 5.91 Å². The molecule has 6 heteroatoms. The van der Waals surface area contributed by atoms with Crippen LogP contribution in [0.25, 0.3) is 0 Å². The molecule has 1 fully saturated rings. The topological polar surface area (TPSA) is 65.5 Å². The van der Waals surface area contributed by atoms with Crippen molar-refractivity contribution in [3.05, 3.63) is 11.1 Å². The Morgan fingerprint density at radius 2 is 2.62 bits per heavy atom. The van der Waals surface area contributed by atoms with Crippen LogP contribution in [0.1, 0.15) is 23.8 Å². The first-order valence-corrected chi connectivity index (χ1v) is 6.25. The maximum atomic E-state index is 11.9. The Balaban J connectivity index is 2.03. The van der Waals surface area contributed by atoms with Gasteiger partial charge in [0, 0.05) is 25.0 Å². The Morgan fingerprint density at radius 1 is 1.81 bits per heavy atom. The number of aliphatic hydroxyl groups excluding tert-OH is 1. The van der Waals surface area contributed by atoms with Gasteiger partial charge in [-0.2, -0.15) is 0 Å². The monoisotopic (exact) mass is 241 g/mol. The highest BCUT2D eigenvalue weighted by molar-refractivity contribution is 7.13. The van der Waals surface area contributed by atoms with Gasteiger partial charge in [-0.1, -0.05) is 0 Å². The molecule has 0 aliphatic carbocycles. The molecular weight excluding hydrogens is 226 g/mol. The maximum absolute atomic E-state index is 11.9. The quantitative estimate of drug-likeness (QED) is 0.821. The lowest BCUT2D eigenvalue weighted by atomic mass is 10.3. The fourth-order valence-electron chi connectivity index (χ4n) is 1.69. The van der Waals surface area contributed by atoms with Crippen molar-refractivity contribution < 1.29 is 9.90 Å². The number of carbonyl (C=O) groups is 1. The molecule has 0 spiro atoms. The van der Waals surface area contributed by atoms with Crippen LogP contribution in [-0.2, 0) is 0 Å². The second kappa shape index (κ2) is 4.80. The number of aromatic nitrogens is 1. The SMILES string of the molecule is CCNc1nc(C(=O)N2CC[C@@H](O)C2)cs1. The Morgan fingerprint density at radius 3 is 3.25 bits per heavy atom. The third kappa shape index (κ3) is 2.33. The predicted molar refractivity (Wildman–Crippen MR) is 62.8 cm³/mol. The third-order valence-electron chi connectivity index (χ3n) is 2.50. The Kier molecular flexibility index (Phi) is 3.40. The van der Waals surface area contributed by atoms with Crippen molar-refractivity contribution in [2.24, 2.45) is 0 Å². The molecule has 1 aromatic rings. The van der Waals surface area contributed by atoms with Gasteiger partial charge in [-0.3, -0.25) is 4.79 Å². The Bertz CT molecular complexity index is 380. The van der Waals surface area contributed by atoms with E-state index in [1.807, 2.05) is 6.92 Å². The number of hydrogen-bond donors (Lipinski definition) is 2. The van der Waals surface area contributed by atoms with Crippen molar-refractivity contribution in [3.8, 4) is 0 Å². The molecule has 0 radical (unpaired) electrons. The first-order valence-electron chi connectivity index (χ1n) is 5.37. The summed E-state index contributed by atoms with van der Waals surface area (Å²) in [4.78, 5) is 17.8. The summed E-state index contributed by atoms with van der Waals surface area (Å²) in [5.41, 5.74) is 0.468. The fourth-order valence-corrected chi connectivity index (χ4v) is 2.45. The molecule has 5 nitrogen and oxygen atoms in total. The number of likely N-dealkylation sites (tertiary alicyclic amines) is 1. The number of nitrogens with one attached hydrogen (secondary N) is 1. The van der Waals surface area contributed by atoms with Crippen molar-refractivity contribution in [1.29, 1.82) is 0 Å². The van der Waals surface area contributed by atoms with Crippen LogP contribution in [0.2, 0.25) is 0 Å². The van der Waals surface area contributed by atoms with E-state index >= 15 is 0 Å². The zero-order valence-corrected chi connectivity index (χ0v) is 9.96. The smallest absolute Gasteiger partial charge is 0.273 e. The van der Waals surface area contributed by atoms with E-state index < -0.39 is 0 Å². The van der Waals surface area contributed by atoms with Crippen LogP contribution in [0.3, 0.4) is 0 Å². The molecule has 2 N–H and O–H groups in total. The van der Waals surface area contributed by atoms with Crippen LogP contribution in [0.4, 0.5) is 5.13 Å². The fraction of sp³-hybridized carbons (Fsp3) is 0.600. The van der Waals surface area contributed by atoms with E-state index in [2.05, 4.69) is 10.3 Å². The van der Waals surface area contributed by atoms with E-state index in [4.69, 9.17) is 0 Å². The number of carbonyl (C=O) groups excluding carboxylic acids is 1. The number of amides is 1. The molecule has 0 saturated carbocycles. The van der Waals surface area contributed by atoms with E-state index in [9.17, 15) is 9.90 Å². The summed E-state index contributed by atoms with van der Waals surface area (Å²) in [6.07, 6.45) is 0.284. The highest BCUT2D eigenvalue weighted by atomic mass is 32.1.